The number of fused-ring (bicyclic) bond motifs is 1. The molecular formula is C31H33N7O. The maximum Gasteiger partial charge on any atom is 0.253 e. The van der Waals surface area contributed by atoms with Crippen molar-refractivity contribution in [1.29, 1.82) is 0 Å². The van der Waals surface area contributed by atoms with E-state index in [0.717, 1.165) is 54.8 Å². The minimum absolute atomic E-state index is 0.100. The van der Waals surface area contributed by atoms with Crippen LogP contribution in [0.15, 0.2) is 83.7 Å². The van der Waals surface area contributed by atoms with E-state index in [9.17, 15) is 4.79 Å². The highest BCUT2D eigenvalue weighted by Gasteiger charge is 2.32. The summed E-state index contributed by atoms with van der Waals surface area (Å²) in [6.07, 6.45) is 0. The number of benzene rings is 3. The van der Waals surface area contributed by atoms with Crippen molar-refractivity contribution in [3.63, 3.8) is 0 Å². The van der Waals surface area contributed by atoms with E-state index in [4.69, 9.17) is 0 Å². The topological polar surface area (TPSA) is 82.9 Å². The smallest absolute Gasteiger partial charge is 0.253 e. The normalized spacial score (nSPS) is 15.5. The summed E-state index contributed by atoms with van der Waals surface area (Å²) >= 11 is 0. The van der Waals surface area contributed by atoms with Crippen LogP contribution in [0.25, 0.3) is 10.9 Å². The Labute approximate surface area is 227 Å². The third kappa shape index (κ3) is 5.39. The molecule has 1 fully saturated rings. The van der Waals surface area contributed by atoms with Crippen molar-refractivity contribution < 1.29 is 0 Å². The summed E-state index contributed by atoms with van der Waals surface area (Å²) in [7, 11) is 0. The first-order valence-electron chi connectivity index (χ1n) is 13.5. The fourth-order valence-electron chi connectivity index (χ4n) is 5.49. The monoisotopic (exact) mass is 519 g/mol. The Hall–Kier alpha value is -4.14. The van der Waals surface area contributed by atoms with Gasteiger partial charge < -0.3 is 4.98 Å². The quantitative estimate of drug-likeness (QED) is 0.349. The number of H-pyrrole nitrogens is 1. The SMILES string of the molecule is Cc1cc2cc(C(c3nnnn3Cc3ccccc3)N3CCN(Cc4ccccc4)CC3)c(=O)[nH]c2cc1C. The number of rotatable bonds is 7. The molecule has 1 aliphatic rings. The molecule has 8 heteroatoms. The molecule has 0 spiro atoms. The van der Waals surface area contributed by atoms with Gasteiger partial charge in [0.15, 0.2) is 5.82 Å². The average molecular weight is 520 g/mol. The van der Waals surface area contributed by atoms with Crippen LogP contribution >= 0.6 is 0 Å². The second-order valence-corrected chi connectivity index (χ2v) is 10.5. The maximum atomic E-state index is 13.6. The van der Waals surface area contributed by atoms with Gasteiger partial charge in [-0.05, 0) is 70.1 Å². The summed E-state index contributed by atoms with van der Waals surface area (Å²) in [6.45, 7) is 9.03. The minimum atomic E-state index is -0.364. The van der Waals surface area contributed by atoms with E-state index in [-0.39, 0.29) is 11.6 Å². The number of piperazine rings is 1. The van der Waals surface area contributed by atoms with Crippen LogP contribution in [0, 0.1) is 13.8 Å². The predicted molar refractivity (Wildman–Crippen MR) is 153 cm³/mol. The zero-order valence-electron chi connectivity index (χ0n) is 22.4. The molecule has 3 heterocycles. The molecular weight excluding hydrogens is 486 g/mol. The molecule has 0 amide bonds. The van der Waals surface area contributed by atoms with E-state index in [0.29, 0.717) is 17.9 Å². The number of aryl methyl sites for hydroxylation is 2. The van der Waals surface area contributed by atoms with Gasteiger partial charge in [-0.2, -0.15) is 0 Å². The van der Waals surface area contributed by atoms with Gasteiger partial charge in [-0.25, -0.2) is 4.68 Å². The van der Waals surface area contributed by atoms with E-state index in [1.165, 1.54) is 11.1 Å². The molecule has 6 rings (SSSR count). The van der Waals surface area contributed by atoms with Crippen LogP contribution in [0.3, 0.4) is 0 Å². The van der Waals surface area contributed by atoms with Crippen molar-refractivity contribution in [2.24, 2.45) is 0 Å². The van der Waals surface area contributed by atoms with Crippen molar-refractivity contribution in [3.8, 4) is 0 Å². The number of hydrogen-bond acceptors (Lipinski definition) is 6. The summed E-state index contributed by atoms with van der Waals surface area (Å²) in [6, 6.07) is 26.6. The Morgan fingerprint density at radius 1 is 0.821 bits per heavy atom. The summed E-state index contributed by atoms with van der Waals surface area (Å²) in [5.41, 5.74) is 6.19. The lowest BCUT2D eigenvalue weighted by atomic mass is 10.00. The first-order chi connectivity index (χ1) is 19.0. The van der Waals surface area contributed by atoms with E-state index in [1.807, 2.05) is 35.0 Å². The highest BCUT2D eigenvalue weighted by Crippen LogP contribution is 2.29. The van der Waals surface area contributed by atoms with Gasteiger partial charge in [0.05, 0.1) is 6.54 Å². The molecule has 0 saturated carbocycles. The number of tetrazole rings is 1. The Balaban J connectivity index is 1.36. The Morgan fingerprint density at radius 2 is 1.46 bits per heavy atom. The van der Waals surface area contributed by atoms with Gasteiger partial charge in [0, 0.05) is 43.8 Å². The molecule has 3 aromatic carbocycles. The van der Waals surface area contributed by atoms with E-state index in [1.54, 1.807) is 0 Å². The standard InChI is InChI=1S/C31H33N7O/c1-22-17-26-19-27(31(39)32-28(26)18-23(22)2)29(30-33-34-35-38(30)21-25-11-7-4-8-12-25)37-15-13-36(14-16-37)20-24-9-5-3-6-10-24/h3-12,17-19,29H,13-16,20-21H2,1-2H3,(H,32,39). The maximum absolute atomic E-state index is 13.6. The van der Waals surface area contributed by atoms with Crippen LogP contribution in [-0.4, -0.2) is 61.2 Å². The second-order valence-electron chi connectivity index (χ2n) is 10.5. The van der Waals surface area contributed by atoms with Crippen molar-refractivity contribution in [2.45, 2.75) is 33.0 Å². The van der Waals surface area contributed by atoms with Crippen LogP contribution < -0.4 is 5.56 Å². The molecule has 1 unspecified atom stereocenters. The molecule has 1 N–H and O–H groups in total. The molecule has 2 aromatic heterocycles. The molecule has 1 aliphatic heterocycles. The van der Waals surface area contributed by atoms with Crippen molar-refractivity contribution in [1.82, 2.24) is 35.0 Å². The number of nitrogens with zero attached hydrogens (tertiary/aromatic N) is 6. The van der Waals surface area contributed by atoms with Gasteiger partial charge in [0.1, 0.15) is 6.04 Å². The first kappa shape index (κ1) is 25.2. The van der Waals surface area contributed by atoms with Gasteiger partial charge in [-0.3, -0.25) is 14.6 Å². The van der Waals surface area contributed by atoms with E-state index >= 15 is 0 Å². The van der Waals surface area contributed by atoms with Gasteiger partial charge in [-0.15, -0.1) is 5.10 Å². The molecule has 8 nitrogen and oxygen atoms in total. The average Bonchev–Trinajstić information content (AvgIpc) is 3.40. The minimum Gasteiger partial charge on any atom is -0.322 e. The summed E-state index contributed by atoms with van der Waals surface area (Å²) in [4.78, 5) is 21.6. The Kier molecular flexibility index (Phi) is 7.04. The molecule has 5 aromatic rings. The molecule has 0 bridgehead atoms. The van der Waals surface area contributed by atoms with E-state index < -0.39 is 0 Å². The van der Waals surface area contributed by atoms with Crippen LogP contribution in [0.2, 0.25) is 0 Å². The van der Waals surface area contributed by atoms with Gasteiger partial charge in [0.25, 0.3) is 5.56 Å². The fraction of sp³-hybridized carbons (Fsp3) is 0.290. The van der Waals surface area contributed by atoms with Crippen LogP contribution in [0.4, 0.5) is 0 Å². The molecule has 0 aliphatic carbocycles. The number of aromatic amines is 1. The number of pyridine rings is 1. The Morgan fingerprint density at radius 3 is 2.15 bits per heavy atom. The van der Waals surface area contributed by atoms with Crippen molar-refractivity contribution in [3.05, 3.63) is 123 Å². The summed E-state index contributed by atoms with van der Waals surface area (Å²) in [5.74, 6) is 0.684. The lowest BCUT2D eigenvalue weighted by molar-refractivity contribution is 0.0998. The predicted octanol–water partition coefficient (Wildman–Crippen LogP) is 4.09. The fourth-order valence-corrected chi connectivity index (χ4v) is 5.49. The molecule has 1 saturated heterocycles. The first-order valence-corrected chi connectivity index (χ1v) is 13.5. The van der Waals surface area contributed by atoms with Gasteiger partial charge >= 0.3 is 0 Å². The number of nitrogens with one attached hydrogen (secondary N) is 1. The highest BCUT2D eigenvalue weighted by molar-refractivity contribution is 5.81. The molecule has 198 valence electrons. The largest absolute Gasteiger partial charge is 0.322 e. The number of aromatic nitrogens is 5. The summed E-state index contributed by atoms with van der Waals surface area (Å²) in [5, 5.41) is 13.9. The number of hydrogen-bond donors (Lipinski definition) is 1. The van der Waals surface area contributed by atoms with Gasteiger partial charge in [0.2, 0.25) is 0 Å². The third-order valence-corrected chi connectivity index (χ3v) is 7.78. The van der Waals surface area contributed by atoms with Crippen molar-refractivity contribution >= 4 is 10.9 Å². The van der Waals surface area contributed by atoms with Crippen LogP contribution in [0.1, 0.15) is 39.7 Å². The van der Waals surface area contributed by atoms with Crippen LogP contribution in [0.5, 0.6) is 0 Å². The lowest BCUT2D eigenvalue weighted by Crippen LogP contribution is -2.48. The van der Waals surface area contributed by atoms with E-state index in [2.05, 4.69) is 92.7 Å². The zero-order valence-corrected chi connectivity index (χ0v) is 22.4. The lowest BCUT2D eigenvalue weighted by Gasteiger charge is -2.38. The third-order valence-electron chi connectivity index (χ3n) is 7.78. The second kappa shape index (κ2) is 10.9. The molecule has 0 radical (unpaired) electrons. The summed E-state index contributed by atoms with van der Waals surface area (Å²) < 4.78 is 1.83. The van der Waals surface area contributed by atoms with Crippen LogP contribution in [-0.2, 0) is 13.1 Å². The zero-order chi connectivity index (χ0) is 26.8. The van der Waals surface area contributed by atoms with Gasteiger partial charge in [-0.1, -0.05) is 60.7 Å². The Bertz CT molecular complexity index is 1620. The highest BCUT2D eigenvalue weighted by atomic mass is 16.1. The van der Waals surface area contributed by atoms with Crippen molar-refractivity contribution in [2.75, 3.05) is 26.2 Å². The molecule has 1 atom stereocenters. The molecule has 39 heavy (non-hydrogen) atoms.